The second-order valence-electron chi connectivity index (χ2n) is 3.93. The predicted octanol–water partition coefficient (Wildman–Crippen LogP) is 1.16. The van der Waals surface area contributed by atoms with Gasteiger partial charge in [-0.1, -0.05) is 6.08 Å². The first kappa shape index (κ1) is 13.9. The molecule has 0 radical (unpaired) electrons. The van der Waals surface area contributed by atoms with Crippen molar-refractivity contribution in [3.63, 3.8) is 0 Å². The van der Waals surface area contributed by atoms with Crippen molar-refractivity contribution in [3.8, 4) is 0 Å². The van der Waals surface area contributed by atoms with Crippen LogP contribution in [0.3, 0.4) is 0 Å². The predicted molar refractivity (Wildman–Crippen MR) is 68.3 cm³/mol. The van der Waals surface area contributed by atoms with E-state index < -0.39 is 5.97 Å². The molecule has 2 amide bonds. The quantitative estimate of drug-likeness (QED) is 0.726. The third kappa shape index (κ3) is 5.12. The first-order valence-electron chi connectivity index (χ1n) is 5.59. The Balaban J connectivity index is 2.45. The number of carbonyl (C=O) groups is 2. The van der Waals surface area contributed by atoms with Crippen molar-refractivity contribution in [2.75, 3.05) is 24.6 Å². The van der Waals surface area contributed by atoms with Gasteiger partial charge in [-0.15, -0.1) is 6.58 Å². The van der Waals surface area contributed by atoms with Gasteiger partial charge in [0.1, 0.15) is 6.54 Å². The summed E-state index contributed by atoms with van der Waals surface area (Å²) in [5, 5.41) is 11.6. The van der Waals surface area contributed by atoms with Gasteiger partial charge in [-0.05, 0) is 18.6 Å². The SMILES string of the molecule is C=CCN(CC(=O)O)C(=O)NC1CCCSC1. The molecule has 1 fully saturated rings. The average Bonchev–Trinajstić information content (AvgIpc) is 2.29. The van der Waals surface area contributed by atoms with Crippen LogP contribution in [0.25, 0.3) is 0 Å². The van der Waals surface area contributed by atoms with Gasteiger partial charge in [0, 0.05) is 18.3 Å². The minimum atomic E-state index is -1.01. The van der Waals surface area contributed by atoms with Gasteiger partial charge in [0.05, 0.1) is 0 Å². The Morgan fingerprint density at radius 2 is 2.35 bits per heavy atom. The molecule has 0 saturated carbocycles. The molecule has 0 aliphatic carbocycles. The second kappa shape index (κ2) is 7.21. The maximum Gasteiger partial charge on any atom is 0.323 e. The molecule has 1 rings (SSSR count). The molecule has 2 N–H and O–H groups in total. The topological polar surface area (TPSA) is 69.6 Å². The van der Waals surface area contributed by atoms with Gasteiger partial charge in [0.2, 0.25) is 0 Å². The van der Waals surface area contributed by atoms with Gasteiger partial charge in [0.15, 0.2) is 0 Å². The molecule has 17 heavy (non-hydrogen) atoms. The largest absolute Gasteiger partial charge is 0.480 e. The van der Waals surface area contributed by atoms with Crippen LogP contribution < -0.4 is 5.32 Å². The number of carboxylic acid groups (broad SMARTS) is 1. The van der Waals surface area contributed by atoms with Crippen molar-refractivity contribution < 1.29 is 14.7 Å². The Bertz CT molecular complexity index is 290. The van der Waals surface area contributed by atoms with E-state index in [4.69, 9.17) is 5.11 Å². The van der Waals surface area contributed by atoms with Crippen molar-refractivity contribution in [2.24, 2.45) is 0 Å². The number of rotatable bonds is 5. The zero-order chi connectivity index (χ0) is 12.7. The van der Waals surface area contributed by atoms with Crippen LogP contribution in [0.1, 0.15) is 12.8 Å². The number of aliphatic carboxylic acids is 1. The van der Waals surface area contributed by atoms with Crippen LogP contribution in [0.5, 0.6) is 0 Å². The van der Waals surface area contributed by atoms with Crippen LogP contribution in [0.15, 0.2) is 12.7 Å². The fourth-order valence-corrected chi connectivity index (χ4v) is 2.73. The van der Waals surface area contributed by atoms with E-state index in [9.17, 15) is 9.59 Å². The molecule has 1 heterocycles. The molecule has 1 saturated heterocycles. The fraction of sp³-hybridized carbons (Fsp3) is 0.636. The van der Waals surface area contributed by atoms with Gasteiger partial charge in [-0.25, -0.2) is 4.79 Å². The lowest BCUT2D eigenvalue weighted by atomic mass is 10.2. The van der Waals surface area contributed by atoms with Crippen LogP contribution in [0.2, 0.25) is 0 Å². The van der Waals surface area contributed by atoms with E-state index in [1.807, 2.05) is 11.8 Å². The summed E-state index contributed by atoms with van der Waals surface area (Å²) in [6.07, 6.45) is 3.59. The molecule has 1 aliphatic rings. The molecule has 96 valence electrons. The van der Waals surface area contributed by atoms with Crippen LogP contribution >= 0.6 is 11.8 Å². The summed E-state index contributed by atoms with van der Waals surface area (Å²) in [5.41, 5.74) is 0. The van der Waals surface area contributed by atoms with Crippen molar-refractivity contribution in [2.45, 2.75) is 18.9 Å². The molecule has 0 bridgehead atoms. The van der Waals surface area contributed by atoms with E-state index in [2.05, 4.69) is 11.9 Å². The van der Waals surface area contributed by atoms with Crippen molar-refractivity contribution >= 4 is 23.8 Å². The Morgan fingerprint density at radius 1 is 1.59 bits per heavy atom. The fourth-order valence-electron chi connectivity index (χ4n) is 1.66. The van der Waals surface area contributed by atoms with Gasteiger partial charge >= 0.3 is 12.0 Å². The minimum Gasteiger partial charge on any atom is -0.480 e. The van der Waals surface area contributed by atoms with Crippen LogP contribution in [-0.4, -0.2) is 52.6 Å². The molecule has 0 aromatic carbocycles. The van der Waals surface area contributed by atoms with E-state index in [0.29, 0.717) is 0 Å². The molecule has 1 aliphatic heterocycles. The molecule has 6 heteroatoms. The Kier molecular flexibility index (Phi) is 5.90. The molecule has 0 aromatic heterocycles. The number of nitrogens with one attached hydrogen (secondary N) is 1. The van der Waals surface area contributed by atoms with Gasteiger partial charge in [-0.2, -0.15) is 11.8 Å². The highest BCUT2D eigenvalue weighted by molar-refractivity contribution is 7.99. The number of amides is 2. The molecular formula is C11H18N2O3S. The summed E-state index contributed by atoms with van der Waals surface area (Å²) >= 11 is 1.81. The zero-order valence-corrected chi connectivity index (χ0v) is 10.5. The average molecular weight is 258 g/mol. The van der Waals surface area contributed by atoms with E-state index in [1.54, 1.807) is 0 Å². The number of hydrogen-bond donors (Lipinski definition) is 2. The van der Waals surface area contributed by atoms with Crippen LogP contribution in [-0.2, 0) is 4.79 Å². The van der Waals surface area contributed by atoms with Crippen LogP contribution in [0, 0.1) is 0 Å². The molecule has 1 unspecified atom stereocenters. The van der Waals surface area contributed by atoms with Gasteiger partial charge < -0.3 is 15.3 Å². The molecular weight excluding hydrogens is 240 g/mol. The lowest BCUT2D eigenvalue weighted by molar-refractivity contribution is -0.137. The summed E-state index contributed by atoms with van der Waals surface area (Å²) in [7, 11) is 0. The Labute approximate surface area is 105 Å². The van der Waals surface area contributed by atoms with E-state index >= 15 is 0 Å². The normalized spacial score (nSPS) is 19.4. The number of thioether (sulfide) groups is 1. The lowest BCUT2D eigenvalue weighted by Crippen LogP contribution is -2.48. The van der Waals surface area contributed by atoms with Gasteiger partial charge in [-0.3, -0.25) is 4.79 Å². The first-order chi connectivity index (χ1) is 8.13. The van der Waals surface area contributed by atoms with Crippen molar-refractivity contribution in [1.82, 2.24) is 10.2 Å². The summed E-state index contributed by atoms with van der Waals surface area (Å²) in [5.74, 6) is 1.03. The summed E-state index contributed by atoms with van der Waals surface area (Å²) in [6, 6.07) is -0.165. The standard InChI is InChI=1S/C11H18N2O3S/c1-2-5-13(7-10(14)15)11(16)12-9-4-3-6-17-8-9/h2,9H,1,3-8H2,(H,12,16)(H,14,15). The number of carbonyl (C=O) groups excluding carboxylic acids is 1. The van der Waals surface area contributed by atoms with Crippen molar-refractivity contribution in [3.05, 3.63) is 12.7 Å². The lowest BCUT2D eigenvalue weighted by Gasteiger charge is -2.26. The Morgan fingerprint density at radius 3 is 2.88 bits per heavy atom. The molecule has 1 atom stereocenters. The van der Waals surface area contributed by atoms with Crippen LogP contribution in [0.4, 0.5) is 4.79 Å². The van der Waals surface area contributed by atoms with E-state index in [0.717, 1.165) is 24.3 Å². The maximum atomic E-state index is 11.8. The molecule has 0 aromatic rings. The first-order valence-corrected chi connectivity index (χ1v) is 6.75. The zero-order valence-electron chi connectivity index (χ0n) is 9.72. The third-order valence-corrected chi connectivity index (χ3v) is 3.67. The maximum absolute atomic E-state index is 11.8. The number of urea groups is 1. The van der Waals surface area contributed by atoms with E-state index in [1.165, 1.54) is 11.0 Å². The molecule has 5 nitrogen and oxygen atoms in total. The minimum absolute atomic E-state index is 0.155. The highest BCUT2D eigenvalue weighted by Crippen LogP contribution is 2.17. The number of hydrogen-bond acceptors (Lipinski definition) is 3. The molecule has 0 spiro atoms. The summed E-state index contributed by atoms with van der Waals surface area (Å²) in [6.45, 7) is 3.47. The van der Waals surface area contributed by atoms with Crippen molar-refractivity contribution in [1.29, 1.82) is 0 Å². The summed E-state index contributed by atoms with van der Waals surface area (Å²) < 4.78 is 0. The monoisotopic (exact) mass is 258 g/mol. The Hall–Kier alpha value is -1.17. The third-order valence-electron chi connectivity index (χ3n) is 2.45. The summed E-state index contributed by atoms with van der Waals surface area (Å²) in [4.78, 5) is 23.7. The smallest absolute Gasteiger partial charge is 0.323 e. The van der Waals surface area contributed by atoms with E-state index in [-0.39, 0.29) is 25.2 Å². The number of nitrogens with zero attached hydrogens (tertiary/aromatic N) is 1. The number of carboxylic acids is 1. The van der Waals surface area contributed by atoms with Gasteiger partial charge in [0.25, 0.3) is 0 Å². The highest BCUT2D eigenvalue weighted by atomic mass is 32.2. The highest BCUT2D eigenvalue weighted by Gasteiger charge is 2.20. The second-order valence-corrected chi connectivity index (χ2v) is 5.08.